The second-order valence-electron chi connectivity index (χ2n) is 12.2. The number of aliphatic hydroxyl groups is 1. The molecule has 3 amide bonds. The first-order chi connectivity index (χ1) is 22.2. The van der Waals surface area contributed by atoms with Crippen LogP contribution in [0.4, 0.5) is 5.69 Å². The Morgan fingerprint density at radius 2 is 1.85 bits per heavy atom. The Morgan fingerprint density at radius 1 is 1.11 bits per heavy atom. The molecule has 3 aliphatic rings. The number of carbonyl (C=O) groups excluding carboxylic acids is 3. The molecular weight excluding hydrogens is 604 g/mol. The van der Waals surface area contributed by atoms with Gasteiger partial charge in [0, 0.05) is 30.1 Å². The van der Waals surface area contributed by atoms with Crippen LogP contribution in [0.15, 0.2) is 73.8 Å². The van der Waals surface area contributed by atoms with Crippen molar-refractivity contribution < 1.29 is 24.2 Å². The number of anilines is 1. The zero-order valence-corrected chi connectivity index (χ0v) is 27.1. The third-order valence-electron chi connectivity index (χ3n) is 9.54. The van der Waals surface area contributed by atoms with Gasteiger partial charge in [-0.2, -0.15) is 0 Å². The monoisotopic (exact) mass is 644 g/mol. The van der Waals surface area contributed by atoms with E-state index in [1.165, 1.54) is 4.90 Å². The molecule has 0 saturated carbocycles. The van der Waals surface area contributed by atoms with Crippen LogP contribution in [0.3, 0.4) is 0 Å². The van der Waals surface area contributed by atoms with Crippen molar-refractivity contribution in [3.05, 3.63) is 73.8 Å². The number of thioether (sulfide) groups is 1. The summed E-state index contributed by atoms with van der Waals surface area (Å²) in [6, 6.07) is 14.0. The number of amides is 3. The van der Waals surface area contributed by atoms with Crippen LogP contribution in [-0.4, -0.2) is 96.0 Å². The molecule has 4 heterocycles. The predicted octanol–water partition coefficient (Wildman–Crippen LogP) is 3.49. The molecule has 1 spiro atoms. The summed E-state index contributed by atoms with van der Waals surface area (Å²) in [6.07, 6.45) is 4.60. The lowest BCUT2D eigenvalue weighted by Gasteiger charge is -2.38. The van der Waals surface area contributed by atoms with E-state index in [1.807, 2.05) is 62.4 Å². The summed E-state index contributed by atoms with van der Waals surface area (Å²) in [5.74, 6) is -1.39. The highest BCUT2D eigenvalue weighted by atomic mass is 32.2. The Hall–Kier alpha value is -4.16. The van der Waals surface area contributed by atoms with Crippen LogP contribution in [0.25, 0.3) is 11.0 Å². The molecule has 1 aromatic heterocycles. The van der Waals surface area contributed by atoms with Crippen LogP contribution in [0.2, 0.25) is 0 Å². The van der Waals surface area contributed by atoms with Crippen LogP contribution in [-0.2, 0) is 21.1 Å². The Balaban J connectivity index is 1.36. The molecule has 0 radical (unpaired) electrons. The second-order valence-corrected chi connectivity index (χ2v) is 14.1. The number of aliphatic hydroxyl groups excluding tert-OH is 1. The lowest BCUT2D eigenvalue weighted by atomic mass is 9.66. The van der Waals surface area contributed by atoms with Crippen molar-refractivity contribution in [1.82, 2.24) is 24.8 Å². The number of nitrogens with zero attached hydrogens (tertiary/aromatic N) is 6. The predicted molar refractivity (Wildman–Crippen MR) is 177 cm³/mol. The third kappa shape index (κ3) is 5.07. The molecule has 2 unspecified atom stereocenters. The molecule has 0 aliphatic carbocycles. The van der Waals surface area contributed by atoms with E-state index in [0.717, 1.165) is 5.52 Å². The maximum atomic E-state index is 14.7. The van der Waals surface area contributed by atoms with Gasteiger partial charge in [0.2, 0.25) is 17.7 Å². The molecule has 46 heavy (non-hydrogen) atoms. The highest BCUT2D eigenvalue weighted by molar-refractivity contribution is 8.02. The van der Waals surface area contributed by atoms with E-state index in [-0.39, 0.29) is 50.6 Å². The minimum Gasteiger partial charge on any atom is -0.494 e. The maximum Gasteiger partial charge on any atom is 0.248 e. The van der Waals surface area contributed by atoms with Crippen molar-refractivity contribution in [3.63, 3.8) is 0 Å². The molecule has 2 bridgehead atoms. The smallest absolute Gasteiger partial charge is 0.248 e. The Bertz CT molecular complexity index is 1660. The number of para-hydroxylation sites is 1. The first-order valence-electron chi connectivity index (χ1n) is 15.7. The number of hydrogen-bond donors (Lipinski definition) is 1. The quantitative estimate of drug-likeness (QED) is 0.281. The zero-order chi connectivity index (χ0) is 32.6. The summed E-state index contributed by atoms with van der Waals surface area (Å²) in [5.41, 5.74) is 2.17. The van der Waals surface area contributed by atoms with E-state index in [9.17, 15) is 19.5 Å². The van der Waals surface area contributed by atoms with Gasteiger partial charge in [-0.3, -0.25) is 14.4 Å². The molecule has 12 heteroatoms. The molecule has 3 aliphatic heterocycles. The summed E-state index contributed by atoms with van der Waals surface area (Å²) in [7, 11) is 0. The molecule has 11 nitrogen and oxygen atoms in total. The largest absolute Gasteiger partial charge is 0.494 e. The van der Waals surface area contributed by atoms with Crippen molar-refractivity contribution in [2.75, 3.05) is 37.7 Å². The van der Waals surface area contributed by atoms with Crippen LogP contribution in [0.1, 0.15) is 26.7 Å². The average Bonchev–Trinajstić information content (AvgIpc) is 3.76. The standard InChI is InChI=1S/C34H40N6O5S/c1-5-18-37(22-40-26-11-9-8-10-25(26)35-36-40)32(44)29-34-17-16-33(4,46-34)27(28(34)31(43)39(29)20-21-41)30(42)38(19-6-2)23-12-14-24(15-13-23)45-7-3/h5-6,8-15,27-29,41H,1-2,7,16-22H2,3-4H3/t27-,28+,29?,33+,34?/m1/s1. The maximum absolute atomic E-state index is 14.7. The lowest BCUT2D eigenvalue weighted by molar-refractivity contribution is -0.144. The van der Waals surface area contributed by atoms with Crippen LogP contribution >= 0.6 is 11.8 Å². The zero-order valence-electron chi connectivity index (χ0n) is 26.2. The van der Waals surface area contributed by atoms with Gasteiger partial charge in [-0.05, 0) is 63.1 Å². The van der Waals surface area contributed by atoms with Crippen LogP contribution in [0.5, 0.6) is 5.75 Å². The van der Waals surface area contributed by atoms with Gasteiger partial charge in [0.25, 0.3) is 0 Å². The summed E-state index contributed by atoms with van der Waals surface area (Å²) < 4.78 is 5.87. The molecule has 242 valence electrons. The number of fused-ring (bicyclic) bond motifs is 2. The van der Waals surface area contributed by atoms with Gasteiger partial charge >= 0.3 is 0 Å². The number of carbonyl (C=O) groups is 3. The van der Waals surface area contributed by atoms with E-state index >= 15 is 0 Å². The van der Waals surface area contributed by atoms with Crippen molar-refractivity contribution in [1.29, 1.82) is 0 Å². The van der Waals surface area contributed by atoms with E-state index in [0.29, 0.717) is 36.4 Å². The Kier molecular flexibility index (Phi) is 8.68. The van der Waals surface area contributed by atoms with Crippen molar-refractivity contribution in [2.45, 2.75) is 48.9 Å². The molecule has 3 fully saturated rings. The molecule has 3 aromatic rings. The first kappa shape index (κ1) is 31.8. The molecule has 5 atom stereocenters. The minimum atomic E-state index is -0.866. The summed E-state index contributed by atoms with van der Waals surface area (Å²) >= 11 is 1.60. The summed E-state index contributed by atoms with van der Waals surface area (Å²) in [6.45, 7) is 12.5. The fourth-order valence-electron chi connectivity index (χ4n) is 7.67. The number of likely N-dealkylation sites (tertiary alicyclic amines) is 1. The number of hydrogen-bond acceptors (Lipinski definition) is 8. The Morgan fingerprint density at radius 3 is 2.54 bits per heavy atom. The number of rotatable bonds is 13. The second kappa shape index (κ2) is 12.6. The fraction of sp³-hybridized carbons (Fsp3) is 0.441. The van der Waals surface area contributed by atoms with Gasteiger partial charge in [-0.1, -0.05) is 29.5 Å². The third-order valence-corrected chi connectivity index (χ3v) is 11.5. The van der Waals surface area contributed by atoms with Crippen molar-refractivity contribution >= 4 is 46.2 Å². The molecule has 1 N–H and O–H groups in total. The summed E-state index contributed by atoms with van der Waals surface area (Å²) in [4.78, 5) is 48.5. The van der Waals surface area contributed by atoms with Gasteiger partial charge in [0.05, 0.1) is 35.3 Å². The van der Waals surface area contributed by atoms with Crippen LogP contribution < -0.4 is 9.64 Å². The lowest BCUT2D eigenvalue weighted by Crippen LogP contribution is -2.55. The molecule has 3 saturated heterocycles. The van der Waals surface area contributed by atoms with E-state index < -0.39 is 27.4 Å². The number of benzene rings is 2. The molecule has 6 rings (SSSR count). The van der Waals surface area contributed by atoms with Crippen molar-refractivity contribution in [3.8, 4) is 5.75 Å². The first-order valence-corrected chi connectivity index (χ1v) is 16.5. The average molecular weight is 645 g/mol. The van der Waals surface area contributed by atoms with Crippen molar-refractivity contribution in [2.24, 2.45) is 11.8 Å². The topological polar surface area (TPSA) is 121 Å². The SMILES string of the molecule is C=CCN(Cn1nnc2ccccc21)C(=O)C1N(CCO)C(=O)[C@@H]2[C@H](C(=O)N(CC=C)c3ccc(OCC)cc3)[C@]3(C)CCC12S3. The van der Waals surface area contributed by atoms with Gasteiger partial charge in [0.15, 0.2) is 0 Å². The number of β-amino-alcohol motifs (C(OH)–C–C–N with tert-alkyl or cyclic N) is 1. The minimum absolute atomic E-state index is 0.00484. The highest BCUT2D eigenvalue weighted by Crippen LogP contribution is 2.71. The van der Waals surface area contributed by atoms with Gasteiger partial charge in [0.1, 0.15) is 24.0 Å². The Labute approximate surface area is 272 Å². The van der Waals surface area contributed by atoms with E-state index in [2.05, 4.69) is 23.5 Å². The molecular formula is C34H40N6O5S. The fourth-order valence-corrected chi connectivity index (χ4v) is 10.0. The van der Waals surface area contributed by atoms with Crippen LogP contribution in [0, 0.1) is 11.8 Å². The number of ether oxygens (including phenoxy) is 1. The van der Waals surface area contributed by atoms with Gasteiger partial charge in [-0.15, -0.1) is 30.0 Å². The van der Waals surface area contributed by atoms with Gasteiger partial charge < -0.3 is 24.5 Å². The highest BCUT2D eigenvalue weighted by Gasteiger charge is 2.77. The van der Waals surface area contributed by atoms with E-state index in [4.69, 9.17) is 4.74 Å². The van der Waals surface area contributed by atoms with E-state index in [1.54, 1.807) is 38.4 Å². The number of aromatic nitrogens is 3. The normalized spacial score (nSPS) is 26.3. The van der Waals surface area contributed by atoms with Gasteiger partial charge in [-0.25, -0.2) is 4.68 Å². The summed E-state index contributed by atoms with van der Waals surface area (Å²) in [5, 5.41) is 18.6. The molecule has 2 aromatic carbocycles.